The second-order valence-corrected chi connectivity index (χ2v) is 6.32. The average Bonchev–Trinajstić information content (AvgIpc) is 2.60. The lowest BCUT2D eigenvalue weighted by atomic mass is 10.1. The minimum atomic E-state index is -0.554. The van der Waals surface area contributed by atoms with Gasteiger partial charge in [-0.25, -0.2) is 4.39 Å². The third kappa shape index (κ3) is 6.29. The molecule has 25 heavy (non-hydrogen) atoms. The Morgan fingerprint density at radius 2 is 1.88 bits per heavy atom. The highest BCUT2D eigenvalue weighted by Gasteiger charge is 2.13. The number of amides is 1. The van der Waals surface area contributed by atoms with Gasteiger partial charge in [-0.15, -0.1) is 0 Å². The van der Waals surface area contributed by atoms with E-state index in [2.05, 4.69) is 5.32 Å². The van der Waals surface area contributed by atoms with E-state index in [1.165, 1.54) is 6.07 Å². The molecule has 1 unspecified atom stereocenters. The maximum absolute atomic E-state index is 13.8. The minimum absolute atomic E-state index is 0.186. The van der Waals surface area contributed by atoms with Crippen LogP contribution in [0.2, 0.25) is 0 Å². The zero-order valence-electron chi connectivity index (χ0n) is 15.0. The maximum Gasteiger partial charge on any atom is 0.249 e. The molecule has 2 aromatic rings. The number of rotatable bonds is 8. The quantitative estimate of drug-likeness (QED) is 0.800. The first-order chi connectivity index (χ1) is 12.0. The first-order valence-electron chi connectivity index (χ1n) is 8.31. The SMILES string of the molecule is CC(OCc1ccccc1)C(=O)NCc1ccc(F)c(CN(C)C)c1. The van der Waals surface area contributed by atoms with E-state index in [0.29, 0.717) is 25.3 Å². The van der Waals surface area contributed by atoms with Crippen molar-refractivity contribution in [1.82, 2.24) is 10.2 Å². The fourth-order valence-electron chi connectivity index (χ4n) is 2.40. The van der Waals surface area contributed by atoms with Crippen molar-refractivity contribution < 1.29 is 13.9 Å². The van der Waals surface area contributed by atoms with Crippen LogP contribution in [-0.2, 0) is 29.2 Å². The van der Waals surface area contributed by atoms with Gasteiger partial charge in [0.2, 0.25) is 5.91 Å². The molecule has 0 aliphatic rings. The predicted molar refractivity (Wildman–Crippen MR) is 96.3 cm³/mol. The summed E-state index contributed by atoms with van der Waals surface area (Å²) in [4.78, 5) is 14.1. The number of nitrogens with zero attached hydrogens (tertiary/aromatic N) is 1. The predicted octanol–water partition coefficient (Wildman–Crippen LogP) is 3.11. The van der Waals surface area contributed by atoms with Crippen LogP contribution < -0.4 is 5.32 Å². The smallest absolute Gasteiger partial charge is 0.249 e. The molecule has 2 aromatic carbocycles. The topological polar surface area (TPSA) is 41.6 Å². The van der Waals surface area contributed by atoms with E-state index in [9.17, 15) is 9.18 Å². The van der Waals surface area contributed by atoms with Gasteiger partial charge in [-0.05, 0) is 44.3 Å². The summed E-state index contributed by atoms with van der Waals surface area (Å²) in [6.07, 6.45) is -0.554. The third-order valence-corrected chi connectivity index (χ3v) is 3.78. The van der Waals surface area contributed by atoms with E-state index in [0.717, 1.165) is 11.1 Å². The van der Waals surface area contributed by atoms with Crippen LogP contribution in [0, 0.1) is 5.82 Å². The van der Waals surface area contributed by atoms with E-state index in [-0.39, 0.29) is 11.7 Å². The van der Waals surface area contributed by atoms with Gasteiger partial charge < -0.3 is 15.0 Å². The van der Waals surface area contributed by atoms with Gasteiger partial charge in [-0.2, -0.15) is 0 Å². The summed E-state index contributed by atoms with van der Waals surface area (Å²) in [6.45, 7) is 2.97. The van der Waals surface area contributed by atoms with Gasteiger partial charge in [-0.3, -0.25) is 4.79 Å². The lowest BCUT2D eigenvalue weighted by molar-refractivity contribution is -0.132. The number of benzene rings is 2. The number of ether oxygens (including phenoxy) is 1. The highest BCUT2D eigenvalue weighted by Crippen LogP contribution is 2.12. The number of carbonyl (C=O) groups excluding carboxylic acids is 1. The number of carbonyl (C=O) groups is 1. The van der Waals surface area contributed by atoms with Crippen LogP contribution in [0.1, 0.15) is 23.6 Å². The van der Waals surface area contributed by atoms with Gasteiger partial charge in [0.1, 0.15) is 11.9 Å². The molecule has 134 valence electrons. The molecule has 5 heteroatoms. The molecule has 0 fully saturated rings. The number of hydrogen-bond donors (Lipinski definition) is 1. The van der Waals surface area contributed by atoms with Crippen LogP contribution >= 0.6 is 0 Å². The second kappa shape index (κ2) is 9.30. The Kier molecular flexibility index (Phi) is 7.10. The summed E-state index contributed by atoms with van der Waals surface area (Å²) in [6, 6.07) is 14.6. The molecular weight excluding hydrogens is 319 g/mol. The number of halogens is 1. The Morgan fingerprint density at radius 3 is 2.56 bits per heavy atom. The van der Waals surface area contributed by atoms with Crippen molar-refractivity contribution in [2.45, 2.75) is 32.7 Å². The third-order valence-electron chi connectivity index (χ3n) is 3.78. The Morgan fingerprint density at radius 1 is 1.16 bits per heavy atom. The summed E-state index contributed by atoms with van der Waals surface area (Å²) in [7, 11) is 3.78. The molecule has 1 N–H and O–H groups in total. The van der Waals surface area contributed by atoms with Crippen molar-refractivity contribution in [2.75, 3.05) is 14.1 Å². The molecule has 0 aliphatic heterocycles. The van der Waals surface area contributed by atoms with Gasteiger partial charge in [0.15, 0.2) is 0 Å². The van der Waals surface area contributed by atoms with Crippen molar-refractivity contribution in [1.29, 1.82) is 0 Å². The van der Waals surface area contributed by atoms with Crippen LogP contribution in [0.3, 0.4) is 0 Å². The van der Waals surface area contributed by atoms with Crippen molar-refractivity contribution in [3.8, 4) is 0 Å². The lowest BCUT2D eigenvalue weighted by Gasteiger charge is -2.15. The Balaban J connectivity index is 1.84. The number of nitrogens with one attached hydrogen (secondary N) is 1. The molecule has 1 amide bonds. The monoisotopic (exact) mass is 344 g/mol. The molecule has 0 saturated carbocycles. The van der Waals surface area contributed by atoms with E-state index in [4.69, 9.17) is 4.74 Å². The van der Waals surface area contributed by atoms with Crippen LogP contribution in [0.4, 0.5) is 4.39 Å². The van der Waals surface area contributed by atoms with Gasteiger partial charge in [0, 0.05) is 18.7 Å². The average molecular weight is 344 g/mol. The zero-order chi connectivity index (χ0) is 18.2. The summed E-state index contributed by atoms with van der Waals surface area (Å²) in [5, 5.41) is 2.84. The normalized spacial score (nSPS) is 12.2. The van der Waals surface area contributed by atoms with E-state index < -0.39 is 6.10 Å². The second-order valence-electron chi connectivity index (χ2n) is 6.32. The molecule has 0 aliphatic carbocycles. The summed E-state index contributed by atoms with van der Waals surface area (Å²) in [5.41, 5.74) is 2.50. The molecule has 0 radical (unpaired) electrons. The first kappa shape index (κ1) is 19.1. The molecule has 0 aromatic heterocycles. The largest absolute Gasteiger partial charge is 0.364 e. The van der Waals surface area contributed by atoms with Crippen LogP contribution in [0.5, 0.6) is 0 Å². The van der Waals surface area contributed by atoms with Crippen LogP contribution in [0.25, 0.3) is 0 Å². The fraction of sp³-hybridized carbons (Fsp3) is 0.350. The molecule has 1 atom stereocenters. The van der Waals surface area contributed by atoms with E-state index in [1.54, 1.807) is 19.1 Å². The van der Waals surface area contributed by atoms with Crippen molar-refractivity contribution in [2.24, 2.45) is 0 Å². The Bertz CT molecular complexity index is 689. The van der Waals surface area contributed by atoms with Gasteiger partial charge in [0.05, 0.1) is 6.61 Å². The minimum Gasteiger partial charge on any atom is -0.364 e. The van der Waals surface area contributed by atoms with Gasteiger partial charge in [0.25, 0.3) is 0 Å². The summed E-state index contributed by atoms with van der Waals surface area (Å²) >= 11 is 0. The van der Waals surface area contributed by atoms with Crippen LogP contribution in [0.15, 0.2) is 48.5 Å². The molecule has 0 spiro atoms. The number of hydrogen-bond acceptors (Lipinski definition) is 3. The van der Waals surface area contributed by atoms with Gasteiger partial charge in [-0.1, -0.05) is 36.4 Å². The van der Waals surface area contributed by atoms with Crippen molar-refractivity contribution >= 4 is 5.91 Å². The first-order valence-corrected chi connectivity index (χ1v) is 8.31. The molecule has 0 saturated heterocycles. The molecule has 4 nitrogen and oxygen atoms in total. The van der Waals surface area contributed by atoms with E-state index in [1.807, 2.05) is 49.3 Å². The molecule has 0 bridgehead atoms. The standard InChI is InChI=1S/C20H25FN2O2/c1-15(25-14-16-7-5-4-6-8-16)20(24)22-12-17-9-10-19(21)18(11-17)13-23(2)3/h4-11,15H,12-14H2,1-3H3,(H,22,24). The van der Waals surface area contributed by atoms with Crippen LogP contribution in [-0.4, -0.2) is 31.0 Å². The lowest BCUT2D eigenvalue weighted by Crippen LogP contribution is -2.34. The molecule has 2 rings (SSSR count). The van der Waals surface area contributed by atoms with E-state index >= 15 is 0 Å². The fourth-order valence-corrected chi connectivity index (χ4v) is 2.40. The Hall–Kier alpha value is -2.24. The summed E-state index contributed by atoms with van der Waals surface area (Å²) in [5.74, 6) is -0.419. The molecule has 0 heterocycles. The summed E-state index contributed by atoms with van der Waals surface area (Å²) < 4.78 is 19.4. The highest BCUT2D eigenvalue weighted by molar-refractivity contribution is 5.80. The highest BCUT2D eigenvalue weighted by atomic mass is 19.1. The molecular formula is C20H25FN2O2. The van der Waals surface area contributed by atoms with Crippen molar-refractivity contribution in [3.05, 3.63) is 71.0 Å². The van der Waals surface area contributed by atoms with Crippen molar-refractivity contribution in [3.63, 3.8) is 0 Å². The Labute approximate surface area is 148 Å². The van der Waals surface area contributed by atoms with Gasteiger partial charge >= 0.3 is 0 Å². The zero-order valence-corrected chi connectivity index (χ0v) is 15.0. The maximum atomic E-state index is 13.8.